The largest absolute Gasteiger partial charge is 0.391 e. The van der Waals surface area contributed by atoms with Crippen LogP contribution in [-0.2, 0) is 0 Å². The van der Waals surface area contributed by atoms with E-state index in [1.54, 1.807) is 0 Å². The number of hydrogen-bond acceptors (Lipinski definition) is 4. The van der Waals surface area contributed by atoms with Crippen molar-refractivity contribution in [2.45, 2.75) is 44.2 Å². The second-order valence-electron chi connectivity index (χ2n) is 4.29. The minimum Gasteiger partial charge on any atom is -0.391 e. The number of aliphatic hydroxyl groups is 1. The van der Waals surface area contributed by atoms with E-state index in [1.807, 2.05) is 0 Å². The minimum atomic E-state index is -0.550. The Balaban J connectivity index is 2.10. The molecule has 1 aromatic rings. The molecule has 94 valence electrons. The fourth-order valence-electron chi connectivity index (χ4n) is 2.08. The van der Waals surface area contributed by atoms with E-state index in [2.05, 4.69) is 15.3 Å². The van der Waals surface area contributed by atoms with E-state index >= 15 is 0 Å². The van der Waals surface area contributed by atoms with Crippen LogP contribution in [0.25, 0.3) is 0 Å². The molecule has 2 atom stereocenters. The lowest BCUT2D eigenvalue weighted by Crippen LogP contribution is -2.33. The summed E-state index contributed by atoms with van der Waals surface area (Å²) in [6.07, 6.45) is 5.23. The van der Waals surface area contributed by atoms with Crippen LogP contribution in [0, 0.1) is 5.82 Å². The molecule has 0 spiro atoms. The zero-order valence-corrected chi connectivity index (χ0v) is 10.1. The molecular weight excluding hydrogens is 245 g/mol. The average Bonchev–Trinajstić information content (AvgIpc) is 2.50. The van der Waals surface area contributed by atoms with Crippen molar-refractivity contribution in [1.82, 2.24) is 9.97 Å². The molecule has 2 rings (SSSR count). The SMILES string of the molecule is OC1CCCCCC1Nc1nc(Cl)ncc1F. The molecule has 6 heteroatoms. The lowest BCUT2D eigenvalue weighted by Gasteiger charge is -2.22. The Hall–Kier alpha value is -0.940. The second-order valence-corrected chi connectivity index (χ2v) is 4.63. The first-order chi connectivity index (χ1) is 8.16. The molecule has 1 aromatic heterocycles. The Bertz CT molecular complexity index is 391. The van der Waals surface area contributed by atoms with Crippen LogP contribution in [0.2, 0.25) is 5.28 Å². The van der Waals surface area contributed by atoms with Gasteiger partial charge >= 0.3 is 0 Å². The standard InChI is InChI=1S/C11H15ClFN3O/c12-11-14-6-7(13)10(16-11)15-8-4-2-1-3-5-9(8)17/h6,8-9,17H,1-5H2,(H,14,15,16). The van der Waals surface area contributed by atoms with Gasteiger partial charge in [-0.05, 0) is 24.4 Å². The first-order valence-electron chi connectivity index (χ1n) is 5.79. The van der Waals surface area contributed by atoms with Gasteiger partial charge in [0.05, 0.1) is 18.3 Å². The molecule has 17 heavy (non-hydrogen) atoms. The number of nitrogens with one attached hydrogen (secondary N) is 1. The van der Waals surface area contributed by atoms with Crippen molar-refractivity contribution in [1.29, 1.82) is 0 Å². The maximum Gasteiger partial charge on any atom is 0.224 e. The fourth-order valence-corrected chi connectivity index (χ4v) is 2.21. The third-order valence-corrected chi connectivity index (χ3v) is 3.20. The van der Waals surface area contributed by atoms with Crippen molar-refractivity contribution in [3.05, 3.63) is 17.3 Å². The van der Waals surface area contributed by atoms with E-state index in [-0.39, 0.29) is 17.1 Å². The molecule has 0 amide bonds. The topological polar surface area (TPSA) is 58.0 Å². The van der Waals surface area contributed by atoms with Crippen molar-refractivity contribution >= 4 is 17.4 Å². The van der Waals surface area contributed by atoms with Crippen molar-refractivity contribution in [2.75, 3.05) is 5.32 Å². The number of anilines is 1. The highest BCUT2D eigenvalue weighted by molar-refractivity contribution is 6.28. The number of rotatable bonds is 2. The summed E-state index contributed by atoms with van der Waals surface area (Å²) in [4.78, 5) is 7.34. The maximum absolute atomic E-state index is 13.4. The van der Waals surface area contributed by atoms with Crippen LogP contribution in [0.1, 0.15) is 32.1 Å². The molecule has 0 bridgehead atoms. The van der Waals surface area contributed by atoms with Crippen LogP contribution in [0.4, 0.5) is 10.2 Å². The van der Waals surface area contributed by atoms with E-state index in [1.165, 1.54) is 0 Å². The Kier molecular flexibility index (Phi) is 4.12. The fraction of sp³-hybridized carbons (Fsp3) is 0.636. The van der Waals surface area contributed by atoms with Gasteiger partial charge in [-0.1, -0.05) is 19.3 Å². The summed E-state index contributed by atoms with van der Waals surface area (Å²) in [7, 11) is 0. The summed E-state index contributed by atoms with van der Waals surface area (Å²) in [6, 6.07) is -0.169. The number of aromatic nitrogens is 2. The molecule has 1 aliphatic carbocycles. The van der Waals surface area contributed by atoms with E-state index in [9.17, 15) is 9.50 Å². The van der Waals surface area contributed by atoms with Crippen molar-refractivity contribution in [3.8, 4) is 0 Å². The van der Waals surface area contributed by atoms with Gasteiger partial charge in [0.15, 0.2) is 11.6 Å². The zero-order chi connectivity index (χ0) is 12.3. The molecule has 0 aromatic carbocycles. The first-order valence-corrected chi connectivity index (χ1v) is 6.17. The summed E-state index contributed by atoms with van der Waals surface area (Å²) in [5, 5.41) is 12.8. The van der Waals surface area contributed by atoms with Gasteiger partial charge in [0.1, 0.15) is 0 Å². The zero-order valence-electron chi connectivity index (χ0n) is 9.37. The summed E-state index contributed by atoms with van der Waals surface area (Å²) < 4.78 is 13.4. The van der Waals surface area contributed by atoms with Crippen LogP contribution >= 0.6 is 11.6 Å². The van der Waals surface area contributed by atoms with E-state index in [0.717, 1.165) is 38.3 Å². The van der Waals surface area contributed by atoms with Gasteiger partial charge in [-0.25, -0.2) is 9.37 Å². The van der Waals surface area contributed by atoms with Gasteiger partial charge in [0, 0.05) is 0 Å². The second kappa shape index (κ2) is 5.60. The number of aliphatic hydroxyl groups excluding tert-OH is 1. The maximum atomic E-state index is 13.4. The number of hydrogen-bond donors (Lipinski definition) is 2. The molecule has 0 radical (unpaired) electrons. The highest BCUT2D eigenvalue weighted by Crippen LogP contribution is 2.22. The average molecular weight is 260 g/mol. The molecule has 1 saturated carbocycles. The Morgan fingerprint density at radius 2 is 2.12 bits per heavy atom. The van der Waals surface area contributed by atoms with Crippen LogP contribution in [0.5, 0.6) is 0 Å². The van der Waals surface area contributed by atoms with Crippen molar-refractivity contribution < 1.29 is 9.50 Å². The van der Waals surface area contributed by atoms with Gasteiger partial charge in [-0.2, -0.15) is 4.98 Å². The van der Waals surface area contributed by atoms with E-state index in [0.29, 0.717) is 0 Å². The highest BCUT2D eigenvalue weighted by Gasteiger charge is 2.22. The predicted octanol–water partition coefficient (Wildman–Crippen LogP) is 2.37. The lowest BCUT2D eigenvalue weighted by atomic mass is 10.1. The summed E-state index contributed by atoms with van der Waals surface area (Å²) in [5.74, 6) is -0.484. The molecule has 1 heterocycles. The van der Waals surface area contributed by atoms with Gasteiger partial charge < -0.3 is 10.4 Å². The van der Waals surface area contributed by atoms with Crippen LogP contribution in [0.15, 0.2) is 6.20 Å². The van der Waals surface area contributed by atoms with Crippen molar-refractivity contribution in [3.63, 3.8) is 0 Å². The predicted molar refractivity (Wildman–Crippen MR) is 63.5 cm³/mol. The van der Waals surface area contributed by atoms with E-state index in [4.69, 9.17) is 11.6 Å². The molecule has 1 fully saturated rings. The number of halogens is 2. The Morgan fingerprint density at radius 3 is 2.94 bits per heavy atom. The monoisotopic (exact) mass is 259 g/mol. The van der Waals surface area contributed by atoms with Crippen molar-refractivity contribution in [2.24, 2.45) is 0 Å². The van der Waals surface area contributed by atoms with Crippen LogP contribution in [-0.4, -0.2) is 27.2 Å². The lowest BCUT2D eigenvalue weighted by molar-refractivity contribution is 0.144. The van der Waals surface area contributed by atoms with E-state index < -0.39 is 11.9 Å². The summed E-state index contributed by atoms with van der Waals surface area (Å²) >= 11 is 5.61. The van der Waals surface area contributed by atoms with Crippen LogP contribution in [0.3, 0.4) is 0 Å². The van der Waals surface area contributed by atoms with Crippen LogP contribution < -0.4 is 5.32 Å². The summed E-state index contributed by atoms with van der Waals surface area (Å²) in [6.45, 7) is 0. The molecular formula is C11H15ClFN3O. The summed E-state index contributed by atoms with van der Waals surface area (Å²) in [5.41, 5.74) is 0. The molecule has 2 N–H and O–H groups in total. The highest BCUT2D eigenvalue weighted by atomic mass is 35.5. The quantitative estimate of drug-likeness (QED) is 0.632. The molecule has 0 saturated heterocycles. The normalized spacial score (nSPS) is 25.4. The third kappa shape index (κ3) is 3.26. The van der Waals surface area contributed by atoms with Gasteiger partial charge in [-0.15, -0.1) is 0 Å². The van der Waals surface area contributed by atoms with Gasteiger partial charge in [0.2, 0.25) is 5.28 Å². The smallest absolute Gasteiger partial charge is 0.224 e. The van der Waals surface area contributed by atoms with Gasteiger partial charge in [0.25, 0.3) is 0 Å². The minimum absolute atomic E-state index is 0.00277. The molecule has 1 aliphatic rings. The number of nitrogens with zero attached hydrogens (tertiary/aromatic N) is 2. The molecule has 2 unspecified atom stereocenters. The molecule has 4 nitrogen and oxygen atoms in total. The molecule has 0 aliphatic heterocycles. The Morgan fingerprint density at radius 1 is 1.35 bits per heavy atom. The Labute approximate surface area is 104 Å². The van der Waals surface area contributed by atoms with Gasteiger partial charge in [-0.3, -0.25) is 0 Å². The third-order valence-electron chi connectivity index (χ3n) is 3.02. The first kappa shape index (κ1) is 12.5.